The summed E-state index contributed by atoms with van der Waals surface area (Å²) in [5, 5.41) is 3.06. The number of nitrogens with two attached hydrogens (primary N) is 1. The van der Waals surface area contributed by atoms with Crippen LogP contribution in [-0.2, 0) is 0 Å². The van der Waals surface area contributed by atoms with Crippen LogP contribution in [0.1, 0.15) is 42.5 Å². The Kier molecular flexibility index (Phi) is 5.29. The number of anilines is 1. The Labute approximate surface area is 108 Å². The molecule has 94 valence electrons. The standard InChI is InChI=1S/C13H18N2O.ClH/c14-12-9-5-4-8-11(12)13(16)15-10-6-2-1-3-7-10;/h4-5,8-10H,1-3,6-7,14H2,(H,15,16);1H. The third kappa shape index (κ3) is 3.63. The van der Waals surface area contributed by atoms with Crippen LogP contribution < -0.4 is 11.1 Å². The van der Waals surface area contributed by atoms with Gasteiger partial charge in [0.1, 0.15) is 0 Å². The summed E-state index contributed by atoms with van der Waals surface area (Å²) in [7, 11) is 0. The molecule has 17 heavy (non-hydrogen) atoms. The van der Waals surface area contributed by atoms with Gasteiger partial charge in [-0.25, -0.2) is 0 Å². The van der Waals surface area contributed by atoms with Gasteiger partial charge in [-0.1, -0.05) is 31.4 Å². The first-order valence-corrected chi connectivity index (χ1v) is 5.93. The zero-order valence-corrected chi connectivity index (χ0v) is 10.6. The summed E-state index contributed by atoms with van der Waals surface area (Å²) in [5.74, 6) is -0.0370. The monoisotopic (exact) mass is 254 g/mol. The molecule has 0 bridgehead atoms. The Bertz CT molecular complexity index is 375. The summed E-state index contributed by atoms with van der Waals surface area (Å²) in [6, 6.07) is 7.54. The molecule has 0 atom stereocenters. The van der Waals surface area contributed by atoms with E-state index < -0.39 is 0 Å². The maximum absolute atomic E-state index is 11.9. The highest BCUT2D eigenvalue weighted by molar-refractivity contribution is 5.99. The van der Waals surface area contributed by atoms with E-state index in [1.165, 1.54) is 19.3 Å². The van der Waals surface area contributed by atoms with Gasteiger partial charge in [-0.05, 0) is 25.0 Å². The molecule has 1 aliphatic carbocycles. The lowest BCUT2D eigenvalue weighted by atomic mass is 9.95. The molecule has 0 aromatic heterocycles. The molecule has 4 heteroatoms. The molecule has 0 saturated heterocycles. The summed E-state index contributed by atoms with van der Waals surface area (Å²) in [6.07, 6.45) is 5.92. The summed E-state index contributed by atoms with van der Waals surface area (Å²) in [4.78, 5) is 11.9. The predicted octanol–water partition coefficient (Wildman–Crippen LogP) is 2.75. The maximum Gasteiger partial charge on any atom is 0.253 e. The molecule has 0 spiro atoms. The average Bonchev–Trinajstić information content (AvgIpc) is 2.31. The first-order valence-electron chi connectivity index (χ1n) is 5.93. The Morgan fingerprint density at radius 1 is 1.18 bits per heavy atom. The van der Waals surface area contributed by atoms with E-state index in [1.54, 1.807) is 12.1 Å². The number of rotatable bonds is 2. The van der Waals surface area contributed by atoms with E-state index in [2.05, 4.69) is 5.32 Å². The van der Waals surface area contributed by atoms with Gasteiger partial charge in [0, 0.05) is 11.7 Å². The highest BCUT2D eigenvalue weighted by Crippen LogP contribution is 2.18. The fraction of sp³-hybridized carbons (Fsp3) is 0.462. The number of benzene rings is 1. The molecule has 1 fully saturated rings. The molecule has 0 aliphatic heterocycles. The van der Waals surface area contributed by atoms with Crippen molar-refractivity contribution >= 4 is 24.0 Å². The highest BCUT2D eigenvalue weighted by Gasteiger charge is 2.17. The topological polar surface area (TPSA) is 55.1 Å². The summed E-state index contributed by atoms with van der Waals surface area (Å²) in [6.45, 7) is 0. The molecule has 1 saturated carbocycles. The molecule has 1 aromatic rings. The van der Waals surface area contributed by atoms with Crippen molar-refractivity contribution in [2.24, 2.45) is 0 Å². The van der Waals surface area contributed by atoms with Crippen molar-refractivity contribution in [3.63, 3.8) is 0 Å². The number of para-hydroxylation sites is 1. The zero-order chi connectivity index (χ0) is 11.4. The van der Waals surface area contributed by atoms with Crippen LogP contribution in [0.25, 0.3) is 0 Å². The van der Waals surface area contributed by atoms with E-state index in [0.717, 1.165) is 12.8 Å². The summed E-state index contributed by atoms with van der Waals surface area (Å²) >= 11 is 0. The minimum Gasteiger partial charge on any atom is -0.398 e. The third-order valence-electron chi connectivity index (χ3n) is 3.15. The van der Waals surface area contributed by atoms with Crippen LogP contribution in [0.2, 0.25) is 0 Å². The number of carbonyl (C=O) groups excluding carboxylic acids is 1. The fourth-order valence-corrected chi connectivity index (χ4v) is 2.21. The average molecular weight is 255 g/mol. The number of nitrogens with one attached hydrogen (secondary N) is 1. The smallest absolute Gasteiger partial charge is 0.253 e. The van der Waals surface area contributed by atoms with Gasteiger partial charge in [0.2, 0.25) is 0 Å². The van der Waals surface area contributed by atoms with Crippen molar-refractivity contribution in [3.8, 4) is 0 Å². The highest BCUT2D eigenvalue weighted by atomic mass is 35.5. The molecule has 3 N–H and O–H groups in total. The normalized spacial score (nSPS) is 16.0. The molecule has 1 aliphatic rings. The molecule has 1 aromatic carbocycles. The van der Waals surface area contributed by atoms with Crippen molar-refractivity contribution < 1.29 is 4.79 Å². The second kappa shape index (κ2) is 6.50. The molecule has 0 heterocycles. The van der Waals surface area contributed by atoms with Gasteiger partial charge in [-0.2, -0.15) is 0 Å². The van der Waals surface area contributed by atoms with Gasteiger partial charge in [-0.3, -0.25) is 4.79 Å². The van der Waals surface area contributed by atoms with E-state index >= 15 is 0 Å². The van der Waals surface area contributed by atoms with Gasteiger partial charge < -0.3 is 11.1 Å². The van der Waals surface area contributed by atoms with Crippen LogP contribution in [0, 0.1) is 0 Å². The second-order valence-electron chi connectivity index (χ2n) is 4.40. The van der Waals surface area contributed by atoms with Crippen molar-refractivity contribution in [3.05, 3.63) is 29.8 Å². The van der Waals surface area contributed by atoms with Gasteiger partial charge in [0.15, 0.2) is 0 Å². The van der Waals surface area contributed by atoms with Gasteiger partial charge in [-0.15, -0.1) is 12.4 Å². The Balaban J connectivity index is 0.00000144. The largest absolute Gasteiger partial charge is 0.398 e. The maximum atomic E-state index is 11.9. The number of carbonyl (C=O) groups is 1. The fourth-order valence-electron chi connectivity index (χ4n) is 2.21. The first-order chi connectivity index (χ1) is 7.77. The summed E-state index contributed by atoms with van der Waals surface area (Å²) < 4.78 is 0. The van der Waals surface area contributed by atoms with Gasteiger partial charge in [0.05, 0.1) is 5.56 Å². The van der Waals surface area contributed by atoms with Crippen LogP contribution >= 0.6 is 12.4 Å². The van der Waals surface area contributed by atoms with Gasteiger partial charge in [0.25, 0.3) is 5.91 Å². The van der Waals surface area contributed by atoms with E-state index in [9.17, 15) is 4.79 Å². The van der Waals surface area contributed by atoms with Crippen LogP contribution in [0.5, 0.6) is 0 Å². The SMILES string of the molecule is Cl.Nc1ccccc1C(=O)NC1CCCCC1. The lowest BCUT2D eigenvalue weighted by Gasteiger charge is -2.23. The number of hydrogen-bond donors (Lipinski definition) is 2. The van der Waals surface area contributed by atoms with Crippen molar-refractivity contribution in [1.82, 2.24) is 5.32 Å². The molecule has 1 amide bonds. The van der Waals surface area contributed by atoms with E-state index in [1.807, 2.05) is 12.1 Å². The van der Waals surface area contributed by atoms with Crippen molar-refractivity contribution in [1.29, 1.82) is 0 Å². The lowest BCUT2D eigenvalue weighted by molar-refractivity contribution is 0.0928. The van der Waals surface area contributed by atoms with Crippen molar-refractivity contribution in [2.75, 3.05) is 5.73 Å². The molecule has 0 unspecified atom stereocenters. The lowest BCUT2D eigenvalue weighted by Crippen LogP contribution is -2.36. The van der Waals surface area contributed by atoms with Crippen LogP contribution in [0.4, 0.5) is 5.69 Å². The Hall–Kier alpha value is -1.22. The Morgan fingerprint density at radius 2 is 1.82 bits per heavy atom. The quantitative estimate of drug-likeness (QED) is 0.798. The van der Waals surface area contributed by atoms with Gasteiger partial charge >= 0.3 is 0 Å². The zero-order valence-electron chi connectivity index (χ0n) is 9.82. The number of amides is 1. The molecule has 0 radical (unpaired) electrons. The van der Waals surface area contributed by atoms with Crippen LogP contribution in [0.3, 0.4) is 0 Å². The summed E-state index contributed by atoms with van der Waals surface area (Å²) in [5.41, 5.74) is 6.91. The van der Waals surface area contributed by atoms with Crippen molar-refractivity contribution in [2.45, 2.75) is 38.1 Å². The number of nitrogen functional groups attached to an aromatic ring is 1. The number of hydrogen-bond acceptors (Lipinski definition) is 2. The minimum atomic E-state index is -0.0370. The number of halogens is 1. The van der Waals surface area contributed by atoms with E-state index in [4.69, 9.17) is 5.73 Å². The molecular weight excluding hydrogens is 236 g/mol. The molecule has 3 nitrogen and oxygen atoms in total. The minimum absolute atomic E-state index is 0. The second-order valence-corrected chi connectivity index (χ2v) is 4.40. The van der Waals surface area contributed by atoms with Crippen LogP contribution in [0.15, 0.2) is 24.3 Å². The van der Waals surface area contributed by atoms with Crippen LogP contribution in [-0.4, -0.2) is 11.9 Å². The molecule has 2 rings (SSSR count). The van der Waals surface area contributed by atoms with E-state index in [-0.39, 0.29) is 18.3 Å². The molecular formula is C13H19ClN2O. The van der Waals surface area contributed by atoms with E-state index in [0.29, 0.717) is 17.3 Å². The third-order valence-corrected chi connectivity index (χ3v) is 3.15. The predicted molar refractivity (Wildman–Crippen MR) is 72.4 cm³/mol. The Morgan fingerprint density at radius 3 is 2.47 bits per heavy atom. The first kappa shape index (κ1) is 13.8.